The smallest absolute Gasteiger partial charge is 0.313 e. The molecule has 0 saturated heterocycles. The molecule has 0 aliphatic rings. The molecule has 0 fully saturated rings. The van der Waals surface area contributed by atoms with Crippen molar-refractivity contribution in [3.05, 3.63) is 11.9 Å². The molecule has 1 heterocycles. The Labute approximate surface area is 127 Å². The van der Waals surface area contributed by atoms with Gasteiger partial charge in [0.2, 0.25) is 5.91 Å². The zero-order valence-corrected chi connectivity index (χ0v) is 13.3. The molecule has 0 aliphatic carbocycles. The summed E-state index contributed by atoms with van der Waals surface area (Å²) in [6, 6.07) is 0. The van der Waals surface area contributed by atoms with E-state index >= 15 is 0 Å². The summed E-state index contributed by atoms with van der Waals surface area (Å²) >= 11 is 1.16. The molecule has 7 nitrogen and oxygen atoms in total. The maximum absolute atomic E-state index is 10.7. The molecule has 0 aliphatic heterocycles. The van der Waals surface area contributed by atoms with Crippen LogP contribution < -0.4 is 5.73 Å². The Kier molecular flexibility index (Phi) is 6.22. The Hall–Kier alpha value is -1.54. The van der Waals surface area contributed by atoms with Gasteiger partial charge in [0.1, 0.15) is 6.61 Å². The fourth-order valence-electron chi connectivity index (χ4n) is 1.74. The Balaban J connectivity index is 2.81. The van der Waals surface area contributed by atoms with Crippen molar-refractivity contribution in [3.63, 3.8) is 0 Å². The van der Waals surface area contributed by atoms with Gasteiger partial charge in [-0.15, -0.1) is 0 Å². The molecular weight excluding hydrogens is 294 g/mol. The highest BCUT2D eigenvalue weighted by atomic mass is 32.2. The Morgan fingerprint density at radius 3 is 2.67 bits per heavy atom. The number of imidazole rings is 1. The fourth-order valence-corrected chi connectivity index (χ4v) is 2.47. The van der Waals surface area contributed by atoms with Crippen molar-refractivity contribution in [2.24, 2.45) is 5.73 Å². The predicted molar refractivity (Wildman–Crippen MR) is 79.3 cm³/mol. The van der Waals surface area contributed by atoms with Crippen LogP contribution in [0.2, 0.25) is 0 Å². The van der Waals surface area contributed by atoms with Gasteiger partial charge >= 0.3 is 5.97 Å². The number of nitrogens with two attached hydrogens (primary N) is 1. The highest BCUT2D eigenvalue weighted by molar-refractivity contribution is 7.99. The number of hydrogen-bond acceptors (Lipinski definition) is 5. The van der Waals surface area contributed by atoms with Gasteiger partial charge in [0.05, 0.1) is 12.4 Å². The second kappa shape index (κ2) is 7.46. The summed E-state index contributed by atoms with van der Waals surface area (Å²) in [5, 5.41) is 9.40. The number of carboxylic acid groups (broad SMARTS) is 1. The molecule has 8 heteroatoms. The minimum absolute atomic E-state index is 0.0528. The highest BCUT2D eigenvalue weighted by Gasteiger charge is 2.22. The average Bonchev–Trinajstić information content (AvgIpc) is 2.74. The van der Waals surface area contributed by atoms with Gasteiger partial charge in [-0.1, -0.05) is 32.5 Å². The molecule has 0 atom stereocenters. The Bertz CT molecular complexity index is 508. The number of nitrogens with zero attached hydrogens (tertiary/aromatic N) is 2. The minimum Gasteiger partial charge on any atom is -0.481 e. The largest absolute Gasteiger partial charge is 0.481 e. The quantitative estimate of drug-likeness (QED) is 0.544. The number of carboxylic acids is 1. The first-order valence-corrected chi connectivity index (χ1v) is 7.47. The third kappa shape index (κ3) is 5.76. The molecule has 3 N–H and O–H groups in total. The molecule has 1 aromatic heterocycles. The van der Waals surface area contributed by atoms with Crippen molar-refractivity contribution in [2.75, 3.05) is 19.0 Å². The molecule has 1 amide bonds. The van der Waals surface area contributed by atoms with E-state index in [1.165, 1.54) is 0 Å². The molecule has 1 rings (SSSR count). The lowest BCUT2D eigenvalue weighted by atomic mass is 9.93. The lowest BCUT2D eigenvalue weighted by Gasteiger charge is -2.21. The van der Waals surface area contributed by atoms with Crippen LogP contribution in [0, 0.1) is 0 Å². The summed E-state index contributed by atoms with van der Waals surface area (Å²) in [4.78, 5) is 25.6. The van der Waals surface area contributed by atoms with Gasteiger partial charge in [0.15, 0.2) is 5.16 Å². The van der Waals surface area contributed by atoms with Crippen LogP contribution in [0.4, 0.5) is 0 Å². The summed E-state index contributed by atoms with van der Waals surface area (Å²) in [7, 11) is 0. The van der Waals surface area contributed by atoms with Crippen LogP contribution in [0.5, 0.6) is 0 Å². The van der Waals surface area contributed by atoms with Gasteiger partial charge in [-0.25, -0.2) is 4.98 Å². The number of aromatic nitrogens is 2. The number of primary amides is 1. The van der Waals surface area contributed by atoms with Crippen LogP contribution in [0.3, 0.4) is 0 Å². The second-order valence-corrected chi connectivity index (χ2v) is 6.47. The number of carbonyl (C=O) groups is 2. The molecular formula is C13H21N3O4S. The molecule has 21 heavy (non-hydrogen) atoms. The number of ether oxygens (including phenoxy) is 1. The molecule has 0 bridgehead atoms. The number of carbonyl (C=O) groups excluding carboxylic acids is 1. The van der Waals surface area contributed by atoms with E-state index in [1.807, 2.05) is 4.57 Å². The monoisotopic (exact) mass is 315 g/mol. The predicted octanol–water partition coefficient (Wildman–Crippen LogP) is 0.859. The van der Waals surface area contributed by atoms with Gasteiger partial charge in [-0.3, -0.25) is 9.59 Å². The van der Waals surface area contributed by atoms with Crippen molar-refractivity contribution in [1.82, 2.24) is 9.55 Å². The highest BCUT2D eigenvalue weighted by Crippen LogP contribution is 2.27. The zero-order valence-electron chi connectivity index (χ0n) is 12.5. The fraction of sp³-hybridized carbons (Fsp3) is 0.615. The van der Waals surface area contributed by atoms with Crippen molar-refractivity contribution in [2.45, 2.75) is 37.9 Å². The molecule has 0 radical (unpaired) electrons. The van der Waals surface area contributed by atoms with E-state index in [0.717, 1.165) is 17.5 Å². The van der Waals surface area contributed by atoms with Gasteiger partial charge in [-0.05, 0) is 0 Å². The van der Waals surface area contributed by atoms with E-state index in [2.05, 4.69) is 25.8 Å². The van der Waals surface area contributed by atoms with E-state index in [9.17, 15) is 9.59 Å². The van der Waals surface area contributed by atoms with E-state index < -0.39 is 11.9 Å². The molecule has 0 aromatic carbocycles. The first-order valence-electron chi connectivity index (χ1n) is 6.48. The van der Waals surface area contributed by atoms with Crippen molar-refractivity contribution >= 4 is 23.6 Å². The summed E-state index contributed by atoms with van der Waals surface area (Å²) in [6.07, 6.45) is 1.75. The Morgan fingerprint density at radius 2 is 2.14 bits per heavy atom. The minimum atomic E-state index is -0.892. The van der Waals surface area contributed by atoms with Gasteiger partial charge in [-0.2, -0.15) is 0 Å². The van der Waals surface area contributed by atoms with Crippen LogP contribution in [0.1, 0.15) is 26.5 Å². The SMILES string of the molecule is CC(C)(C)c1cnc(SCC(=O)O)n1CCOCC(N)=O. The van der Waals surface area contributed by atoms with Gasteiger partial charge in [0.25, 0.3) is 0 Å². The number of thioether (sulfide) groups is 1. The number of rotatable bonds is 8. The third-order valence-electron chi connectivity index (χ3n) is 2.62. The van der Waals surface area contributed by atoms with Crippen LogP contribution in [-0.4, -0.2) is 45.5 Å². The van der Waals surface area contributed by atoms with E-state index in [-0.39, 0.29) is 17.8 Å². The summed E-state index contributed by atoms with van der Waals surface area (Å²) < 4.78 is 7.09. The summed E-state index contributed by atoms with van der Waals surface area (Å²) in [5.41, 5.74) is 5.87. The summed E-state index contributed by atoms with van der Waals surface area (Å²) in [6.45, 7) is 6.82. The second-order valence-electron chi connectivity index (χ2n) is 5.53. The molecule has 0 saturated carbocycles. The van der Waals surface area contributed by atoms with E-state index in [4.69, 9.17) is 15.6 Å². The molecule has 0 unspecified atom stereocenters. The van der Waals surface area contributed by atoms with E-state index in [1.54, 1.807) is 6.20 Å². The molecule has 1 aromatic rings. The number of amides is 1. The lowest BCUT2D eigenvalue weighted by Crippen LogP contribution is -2.22. The first kappa shape index (κ1) is 17.5. The van der Waals surface area contributed by atoms with Crippen molar-refractivity contribution < 1.29 is 19.4 Å². The molecule has 0 spiro atoms. The van der Waals surface area contributed by atoms with Gasteiger partial charge < -0.3 is 20.1 Å². The maximum atomic E-state index is 10.7. The normalized spacial score (nSPS) is 11.6. The maximum Gasteiger partial charge on any atom is 0.313 e. The standard InChI is InChI=1S/C13H21N3O4S/c1-13(2,3)9-6-15-12(21-8-11(18)19)16(9)4-5-20-7-10(14)17/h6H,4-5,7-8H2,1-3H3,(H2,14,17)(H,18,19). The van der Waals surface area contributed by atoms with Crippen LogP contribution >= 0.6 is 11.8 Å². The first-order chi connectivity index (χ1) is 9.71. The van der Waals surface area contributed by atoms with E-state index in [0.29, 0.717) is 18.3 Å². The number of aliphatic carboxylic acids is 1. The lowest BCUT2D eigenvalue weighted by molar-refractivity contribution is -0.134. The molecule has 118 valence electrons. The number of hydrogen-bond donors (Lipinski definition) is 2. The van der Waals surface area contributed by atoms with Crippen LogP contribution in [0.25, 0.3) is 0 Å². The van der Waals surface area contributed by atoms with Crippen molar-refractivity contribution in [1.29, 1.82) is 0 Å². The Morgan fingerprint density at radius 1 is 1.48 bits per heavy atom. The topological polar surface area (TPSA) is 107 Å². The summed E-state index contributed by atoms with van der Waals surface area (Å²) in [5.74, 6) is -1.46. The van der Waals surface area contributed by atoms with Gasteiger partial charge in [0, 0.05) is 23.9 Å². The average molecular weight is 315 g/mol. The third-order valence-corrected chi connectivity index (χ3v) is 3.59. The van der Waals surface area contributed by atoms with Crippen molar-refractivity contribution in [3.8, 4) is 0 Å². The van der Waals surface area contributed by atoms with Crippen LogP contribution in [-0.2, 0) is 26.3 Å². The zero-order chi connectivity index (χ0) is 16.0. The van der Waals surface area contributed by atoms with Crippen LogP contribution in [0.15, 0.2) is 11.4 Å².